The third-order valence-corrected chi connectivity index (χ3v) is 5.19. The van der Waals surface area contributed by atoms with E-state index in [1.165, 1.54) is 12.1 Å². The van der Waals surface area contributed by atoms with Crippen LogP contribution in [0.2, 0.25) is 0 Å². The summed E-state index contributed by atoms with van der Waals surface area (Å²) in [5.74, 6) is -3.78. The zero-order valence-corrected chi connectivity index (χ0v) is 19.8. The molecule has 0 heterocycles. The average molecular weight is 540 g/mol. The molecule has 0 aliphatic rings. The van der Waals surface area contributed by atoms with E-state index in [0.717, 1.165) is 42.0 Å². The molecule has 0 saturated heterocycles. The molecule has 0 saturated carbocycles. The van der Waals surface area contributed by atoms with Gasteiger partial charge in [-0.3, -0.25) is 0 Å². The van der Waals surface area contributed by atoms with Crippen LogP contribution in [-0.4, -0.2) is 19.1 Å². The fourth-order valence-electron chi connectivity index (χ4n) is 3.29. The van der Waals surface area contributed by atoms with Crippen molar-refractivity contribution in [3.8, 4) is 22.6 Å². The molecule has 0 aliphatic heterocycles. The zero-order valence-electron chi connectivity index (χ0n) is 19.8. The summed E-state index contributed by atoms with van der Waals surface area (Å²) in [5, 5.41) is 0. The van der Waals surface area contributed by atoms with Gasteiger partial charge in [-0.25, -0.2) is 13.2 Å². The van der Waals surface area contributed by atoms with Crippen LogP contribution in [0.15, 0.2) is 96.9 Å². The molecule has 0 amide bonds. The number of hydrogen-bond acceptors (Lipinski definition) is 2. The first-order valence-corrected chi connectivity index (χ1v) is 10.9. The summed E-state index contributed by atoms with van der Waals surface area (Å²) in [4.78, 5) is 0. The molecule has 0 N–H and O–H groups in total. The first-order chi connectivity index (χ1) is 17.8. The minimum atomic E-state index is -4.99. The van der Waals surface area contributed by atoms with Gasteiger partial charge in [-0.2, -0.15) is 8.78 Å². The van der Waals surface area contributed by atoms with Crippen LogP contribution in [0, 0.1) is 12.7 Å². The van der Waals surface area contributed by atoms with Crippen molar-refractivity contribution in [3.05, 3.63) is 114 Å². The van der Waals surface area contributed by atoms with Gasteiger partial charge in [-0.1, -0.05) is 48.5 Å². The molecule has 0 unspecified atom stereocenters. The summed E-state index contributed by atoms with van der Waals surface area (Å²) < 4.78 is 117. The number of rotatable bonds is 9. The van der Waals surface area contributed by atoms with Gasteiger partial charge >= 0.3 is 12.5 Å². The number of alkyl halides is 6. The molecule has 0 radical (unpaired) electrons. The summed E-state index contributed by atoms with van der Waals surface area (Å²) in [6.07, 6.45) is -8.06. The van der Waals surface area contributed by atoms with E-state index < -0.39 is 47.9 Å². The van der Waals surface area contributed by atoms with E-state index in [-0.39, 0.29) is 11.1 Å². The highest BCUT2D eigenvalue weighted by Gasteiger charge is 2.39. The Kier molecular flexibility index (Phi) is 8.65. The van der Waals surface area contributed by atoms with E-state index in [2.05, 4.69) is 16.1 Å². The monoisotopic (exact) mass is 540 g/mol. The molecule has 10 heteroatoms. The molecule has 0 bridgehead atoms. The van der Waals surface area contributed by atoms with Crippen molar-refractivity contribution in [2.75, 3.05) is 6.67 Å². The molecule has 3 aromatic carbocycles. The van der Waals surface area contributed by atoms with Crippen molar-refractivity contribution >= 4 is 5.57 Å². The van der Waals surface area contributed by atoms with E-state index >= 15 is 0 Å². The topological polar surface area (TPSA) is 18.5 Å². The Hall–Kier alpha value is -4.08. The van der Waals surface area contributed by atoms with Crippen molar-refractivity contribution in [1.82, 2.24) is 0 Å². The maximum atomic E-state index is 14.9. The lowest BCUT2D eigenvalue weighted by molar-refractivity contribution is -0.274. The molecule has 3 aromatic rings. The third kappa shape index (κ3) is 7.47. The van der Waals surface area contributed by atoms with Crippen LogP contribution in [0.1, 0.15) is 11.1 Å². The van der Waals surface area contributed by atoms with Crippen molar-refractivity contribution < 1.29 is 44.6 Å². The molecule has 0 aliphatic carbocycles. The third-order valence-electron chi connectivity index (χ3n) is 5.19. The lowest BCUT2D eigenvalue weighted by atomic mass is 9.98. The molecule has 2 nitrogen and oxygen atoms in total. The van der Waals surface area contributed by atoms with Gasteiger partial charge in [-0.05, 0) is 66.1 Å². The second-order valence-corrected chi connectivity index (χ2v) is 7.98. The van der Waals surface area contributed by atoms with Crippen molar-refractivity contribution in [1.29, 1.82) is 0 Å². The number of aryl methyl sites for hydroxylation is 1. The standard InChI is InChI=1S/C28H20F8O2/c1-17-3-5-19(6-4-17)20-7-12-24(26(31)15-20)21(13-14-29)16-25(30)18(2)27(32,33)37-22-8-10-23(11-9-22)38-28(34,35)36/h3-13,15-16H,2,14H2,1H3/b21-13+,25-16+. The minimum absolute atomic E-state index is 0.244. The predicted octanol–water partition coefficient (Wildman–Crippen LogP) is 9.13. The highest BCUT2D eigenvalue weighted by atomic mass is 19.4. The van der Waals surface area contributed by atoms with Crippen LogP contribution < -0.4 is 9.47 Å². The highest BCUT2D eigenvalue weighted by molar-refractivity contribution is 5.77. The Balaban J connectivity index is 1.81. The van der Waals surface area contributed by atoms with E-state index in [1.54, 1.807) is 12.1 Å². The molecule has 200 valence electrons. The Morgan fingerprint density at radius 3 is 1.92 bits per heavy atom. The van der Waals surface area contributed by atoms with Crippen LogP contribution in [0.4, 0.5) is 35.1 Å². The maximum absolute atomic E-state index is 14.9. The molecule has 38 heavy (non-hydrogen) atoms. The number of hydrogen-bond donors (Lipinski definition) is 0. The first kappa shape index (κ1) is 28.5. The van der Waals surface area contributed by atoms with Crippen molar-refractivity contribution in [2.24, 2.45) is 0 Å². The van der Waals surface area contributed by atoms with Gasteiger partial charge < -0.3 is 9.47 Å². The van der Waals surface area contributed by atoms with Crippen LogP contribution >= 0.6 is 0 Å². The van der Waals surface area contributed by atoms with Gasteiger partial charge in [0.1, 0.15) is 29.8 Å². The lowest BCUT2D eigenvalue weighted by Gasteiger charge is -2.20. The second kappa shape index (κ2) is 11.5. The average Bonchev–Trinajstić information content (AvgIpc) is 2.84. The molecule has 3 rings (SSSR count). The van der Waals surface area contributed by atoms with Crippen LogP contribution in [-0.2, 0) is 0 Å². The van der Waals surface area contributed by atoms with Gasteiger partial charge in [0.25, 0.3) is 0 Å². The first-order valence-electron chi connectivity index (χ1n) is 10.9. The number of ether oxygens (including phenoxy) is 2. The Morgan fingerprint density at radius 2 is 1.39 bits per heavy atom. The lowest BCUT2D eigenvalue weighted by Crippen LogP contribution is -2.27. The Morgan fingerprint density at radius 1 is 0.842 bits per heavy atom. The highest BCUT2D eigenvalue weighted by Crippen LogP contribution is 2.35. The van der Waals surface area contributed by atoms with Gasteiger partial charge in [-0.15, -0.1) is 13.2 Å². The van der Waals surface area contributed by atoms with Gasteiger partial charge in [0, 0.05) is 5.56 Å². The van der Waals surface area contributed by atoms with E-state index in [9.17, 15) is 35.1 Å². The zero-order chi connectivity index (χ0) is 28.1. The van der Waals surface area contributed by atoms with Crippen molar-refractivity contribution in [2.45, 2.75) is 19.4 Å². The Bertz CT molecular complexity index is 1340. The molecule has 0 aromatic heterocycles. The fourth-order valence-corrected chi connectivity index (χ4v) is 3.29. The molecule has 0 spiro atoms. The summed E-state index contributed by atoms with van der Waals surface area (Å²) in [5.41, 5.74) is 0.102. The molecular weight excluding hydrogens is 520 g/mol. The summed E-state index contributed by atoms with van der Waals surface area (Å²) in [7, 11) is 0. The number of benzene rings is 3. The molecule has 0 atom stereocenters. The number of halogens is 8. The molecular formula is C28H20F8O2. The SMILES string of the molecule is C=C(/C(F)=C\C(=C/CF)c1ccc(-c2ccc(C)cc2)cc1F)C(F)(F)Oc1ccc(OC(F)(F)F)cc1. The van der Waals surface area contributed by atoms with Crippen molar-refractivity contribution in [3.63, 3.8) is 0 Å². The van der Waals surface area contributed by atoms with Crippen LogP contribution in [0.5, 0.6) is 11.5 Å². The van der Waals surface area contributed by atoms with Crippen LogP contribution in [0.3, 0.4) is 0 Å². The van der Waals surface area contributed by atoms with E-state index in [1.807, 2.05) is 19.1 Å². The maximum Gasteiger partial charge on any atom is 0.573 e. The van der Waals surface area contributed by atoms with Crippen LogP contribution in [0.25, 0.3) is 16.7 Å². The quantitative estimate of drug-likeness (QED) is 0.199. The minimum Gasteiger partial charge on any atom is -0.429 e. The number of allylic oxidation sites excluding steroid dienone is 3. The Labute approximate surface area is 213 Å². The van der Waals surface area contributed by atoms with Gasteiger partial charge in [0.05, 0.1) is 5.57 Å². The van der Waals surface area contributed by atoms with E-state index in [4.69, 9.17) is 0 Å². The van der Waals surface area contributed by atoms with Gasteiger partial charge in [0.2, 0.25) is 0 Å². The largest absolute Gasteiger partial charge is 0.573 e. The predicted molar refractivity (Wildman–Crippen MR) is 128 cm³/mol. The molecule has 0 fully saturated rings. The second-order valence-electron chi connectivity index (χ2n) is 7.98. The summed E-state index contributed by atoms with van der Waals surface area (Å²) in [6.45, 7) is 3.71. The van der Waals surface area contributed by atoms with Gasteiger partial charge in [0.15, 0.2) is 0 Å². The summed E-state index contributed by atoms with van der Waals surface area (Å²) in [6, 6.07) is 14.1. The normalized spacial score (nSPS) is 12.9. The smallest absolute Gasteiger partial charge is 0.429 e. The van der Waals surface area contributed by atoms with E-state index in [0.29, 0.717) is 17.2 Å². The summed E-state index contributed by atoms with van der Waals surface area (Å²) >= 11 is 0. The fraction of sp³-hybridized carbons (Fsp3) is 0.143.